The molecule has 1 nitrogen and oxygen atoms in total. The molecule has 2 atom stereocenters. The Bertz CT molecular complexity index is 724. The van der Waals surface area contributed by atoms with Crippen molar-refractivity contribution in [1.82, 2.24) is 4.90 Å². The number of halogens is 3. The Morgan fingerprint density at radius 2 is 1.48 bits per heavy atom. The van der Waals surface area contributed by atoms with Crippen molar-refractivity contribution >= 4 is 0 Å². The van der Waals surface area contributed by atoms with Gasteiger partial charge in [-0.1, -0.05) is 67.4 Å². The van der Waals surface area contributed by atoms with E-state index in [1.54, 1.807) is 0 Å². The molecule has 3 rings (SSSR count). The van der Waals surface area contributed by atoms with E-state index in [0.717, 1.165) is 44.3 Å². The van der Waals surface area contributed by atoms with Crippen molar-refractivity contribution in [3.05, 3.63) is 71.3 Å². The minimum absolute atomic E-state index is 0.269. The average molecular weight is 404 g/mol. The Kier molecular flexibility index (Phi) is 7.77. The predicted molar refractivity (Wildman–Crippen MR) is 113 cm³/mol. The molecule has 0 heterocycles. The van der Waals surface area contributed by atoms with Crippen molar-refractivity contribution in [2.24, 2.45) is 5.92 Å². The van der Waals surface area contributed by atoms with Gasteiger partial charge in [-0.05, 0) is 68.3 Å². The van der Waals surface area contributed by atoms with Crippen LogP contribution in [0.25, 0.3) is 0 Å². The molecule has 2 aromatic rings. The van der Waals surface area contributed by atoms with Gasteiger partial charge in [0, 0.05) is 6.54 Å². The quantitative estimate of drug-likeness (QED) is 0.478. The Hall–Kier alpha value is -1.81. The lowest BCUT2D eigenvalue weighted by atomic mass is 9.75. The summed E-state index contributed by atoms with van der Waals surface area (Å²) in [6.07, 6.45) is 1.48. The number of benzene rings is 2. The molecule has 2 unspecified atom stereocenters. The summed E-state index contributed by atoms with van der Waals surface area (Å²) in [6.45, 7) is 2.05. The zero-order valence-electron chi connectivity index (χ0n) is 17.3. The van der Waals surface area contributed by atoms with E-state index in [9.17, 15) is 13.2 Å². The second-order valence-corrected chi connectivity index (χ2v) is 8.42. The van der Waals surface area contributed by atoms with Crippen LogP contribution < -0.4 is 0 Å². The molecule has 1 saturated carbocycles. The number of rotatable bonds is 8. The van der Waals surface area contributed by atoms with Gasteiger partial charge in [0.2, 0.25) is 0 Å². The fraction of sp³-hybridized carbons (Fsp3) is 0.520. The molecule has 0 spiro atoms. The van der Waals surface area contributed by atoms with Crippen molar-refractivity contribution in [1.29, 1.82) is 0 Å². The molecular weight excluding hydrogens is 371 g/mol. The maximum Gasteiger partial charge on any atom is 0.392 e. The highest BCUT2D eigenvalue weighted by atomic mass is 19.4. The molecule has 0 saturated heterocycles. The van der Waals surface area contributed by atoms with E-state index in [1.165, 1.54) is 11.1 Å². The van der Waals surface area contributed by atoms with Gasteiger partial charge in [0.1, 0.15) is 0 Å². The summed E-state index contributed by atoms with van der Waals surface area (Å²) in [7, 11) is 2.15. The van der Waals surface area contributed by atoms with Gasteiger partial charge in [-0.25, -0.2) is 0 Å². The Labute approximate surface area is 172 Å². The van der Waals surface area contributed by atoms with Crippen LogP contribution in [0.4, 0.5) is 13.2 Å². The van der Waals surface area contributed by atoms with Gasteiger partial charge in [-0.3, -0.25) is 0 Å². The number of nitrogens with zero attached hydrogens (tertiary/aromatic N) is 1. The van der Waals surface area contributed by atoms with Gasteiger partial charge in [0.15, 0.2) is 0 Å². The largest absolute Gasteiger partial charge is 0.392 e. The highest BCUT2D eigenvalue weighted by Crippen LogP contribution is 2.46. The molecule has 2 aromatic carbocycles. The lowest BCUT2D eigenvalue weighted by molar-refractivity contribution is -0.187. The first kappa shape index (κ1) is 21.9. The van der Waals surface area contributed by atoms with Crippen molar-refractivity contribution in [3.63, 3.8) is 0 Å². The summed E-state index contributed by atoms with van der Waals surface area (Å²) in [6, 6.07) is 18.4. The van der Waals surface area contributed by atoms with Crippen molar-refractivity contribution in [3.8, 4) is 0 Å². The first-order valence-corrected chi connectivity index (χ1v) is 10.8. The predicted octanol–water partition coefficient (Wildman–Crippen LogP) is 6.63. The minimum atomic E-state index is -4.09. The number of hydrogen-bond donors (Lipinski definition) is 0. The van der Waals surface area contributed by atoms with Gasteiger partial charge >= 0.3 is 6.18 Å². The molecule has 4 heteroatoms. The smallest absolute Gasteiger partial charge is 0.306 e. The van der Waals surface area contributed by atoms with E-state index in [2.05, 4.69) is 36.2 Å². The average Bonchev–Trinajstić information content (AvgIpc) is 2.73. The van der Waals surface area contributed by atoms with Crippen LogP contribution in [0.5, 0.6) is 0 Å². The first-order valence-electron chi connectivity index (χ1n) is 10.8. The number of alkyl halides is 3. The van der Waals surface area contributed by atoms with E-state index in [-0.39, 0.29) is 12.3 Å². The summed E-state index contributed by atoms with van der Waals surface area (Å²) in [4.78, 5) is 2.34. The van der Waals surface area contributed by atoms with Gasteiger partial charge < -0.3 is 4.90 Å². The third-order valence-corrected chi connectivity index (χ3v) is 6.22. The molecule has 1 aliphatic carbocycles. The van der Waals surface area contributed by atoms with Crippen LogP contribution in [0.15, 0.2) is 54.6 Å². The molecule has 1 aliphatic rings. The topological polar surface area (TPSA) is 3.24 Å². The summed E-state index contributed by atoms with van der Waals surface area (Å²) in [5.41, 5.74) is 3.43. The van der Waals surface area contributed by atoms with Crippen LogP contribution in [0, 0.1) is 5.92 Å². The standard InChI is InChI=1S/C25H32F3N/c1-29(19-17-20-8-3-2-4-9-20)18-7-10-21-13-15-22(16-14-21)23-11-5-6-12-24(23)25(26,27)28/h2-4,8-9,13-16,23-24H,5-7,10-12,17-19H2,1H3. The van der Waals surface area contributed by atoms with E-state index >= 15 is 0 Å². The zero-order valence-corrected chi connectivity index (χ0v) is 17.3. The van der Waals surface area contributed by atoms with Crippen LogP contribution in [-0.2, 0) is 12.8 Å². The minimum Gasteiger partial charge on any atom is -0.306 e. The molecule has 158 valence electrons. The molecule has 0 aromatic heterocycles. The molecule has 0 aliphatic heterocycles. The zero-order chi connectivity index (χ0) is 20.7. The Morgan fingerprint density at radius 1 is 0.828 bits per heavy atom. The van der Waals surface area contributed by atoms with Crippen LogP contribution in [-0.4, -0.2) is 31.2 Å². The first-order chi connectivity index (χ1) is 13.9. The van der Waals surface area contributed by atoms with Gasteiger partial charge in [-0.15, -0.1) is 0 Å². The lowest BCUT2D eigenvalue weighted by Crippen LogP contribution is -2.31. The molecular formula is C25H32F3N. The number of hydrogen-bond acceptors (Lipinski definition) is 1. The van der Waals surface area contributed by atoms with Gasteiger partial charge in [-0.2, -0.15) is 13.2 Å². The van der Waals surface area contributed by atoms with Crippen LogP contribution >= 0.6 is 0 Å². The highest BCUT2D eigenvalue weighted by molar-refractivity contribution is 5.27. The van der Waals surface area contributed by atoms with E-state index in [1.807, 2.05) is 30.3 Å². The van der Waals surface area contributed by atoms with Gasteiger partial charge in [0.05, 0.1) is 5.92 Å². The Balaban J connectivity index is 1.45. The third-order valence-electron chi connectivity index (χ3n) is 6.22. The summed E-state index contributed by atoms with van der Waals surface area (Å²) < 4.78 is 40.1. The number of aryl methyl sites for hydroxylation is 1. The van der Waals surface area contributed by atoms with Crippen molar-refractivity contribution in [2.75, 3.05) is 20.1 Å². The lowest BCUT2D eigenvalue weighted by Gasteiger charge is -2.33. The third kappa shape index (κ3) is 6.60. The Morgan fingerprint density at radius 3 is 2.17 bits per heavy atom. The van der Waals surface area contributed by atoms with Crippen LogP contribution in [0.2, 0.25) is 0 Å². The summed E-state index contributed by atoms with van der Waals surface area (Å²) >= 11 is 0. The monoisotopic (exact) mass is 403 g/mol. The molecule has 0 amide bonds. The summed E-state index contributed by atoms with van der Waals surface area (Å²) in [5.74, 6) is -1.55. The maximum absolute atomic E-state index is 13.4. The fourth-order valence-electron chi connectivity index (χ4n) is 4.48. The second kappa shape index (κ2) is 10.3. The van der Waals surface area contributed by atoms with E-state index in [0.29, 0.717) is 12.8 Å². The van der Waals surface area contributed by atoms with E-state index in [4.69, 9.17) is 0 Å². The second-order valence-electron chi connectivity index (χ2n) is 8.42. The molecule has 0 radical (unpaired) electrons. The maximum atomic E-state index is 13.4. The van der Waals surface area contributed by atoms with E-state index < -0.39 is 12.1 Å². The molecule has 0 bridgehead atoms. The fourth-order valence-corrected chi connectivity index (χ4v) is 4.48. The SMILES string of the molecule is CN(CCCc1ccc(C2CCCCC2C(F)(F)F)cc1)CCc1ccccc1. The molecule has 29 heavy (non-hydrogen) atoms. The molecule has 0 N–H and O–H groups in total. The van der Waals surface area contributed by atoms with Crippen molar-refractivity contribution in [2.45, 2.75) is 57.0 Å². The van der Waals surface area contributed by atoms with Crippen LogP contribution in [0.1, 0.15) is 54.7 Å². The van der Waals surface area contributed by atoms with Crippen LogP contribution in [0.3, 0.4) is 0 Å². The van der Waals surface area contributed by atoms with Crippen molar-refractivity contribution < 1.29 is 13.2 Å². The summed E-state index contributed by atoms with van der Waals surface area (Å²) in [5, 5.41) is 0. The normalized spacial score (nSPS) is 20.2. The molecule has 1 fully saturated rings. The number of likely N-dealkylation sites (N-methyl/N-ethyl adjacent to an activating group) is 1. The highest BCUT2D eigenvalue weighted by Gasteiger charge is 2.45. The van der Waals surface area contributed by atoms with Gasteiger partial charge in [0.25, 0.3) is 0 Å².